The van der Waals surface area contributed by atoms with Crippen LogP contribution < -0.4 is 16.2 Å². The molecule has 1 amide bonds. The van der Waals surface area contributed by atoms with Gasteiger partial charge >= 0.3 is 0 Å². The molecule has 0 aliphatic carbocycles. The summed E-state index contributed by atoms with van der Waals surface area (Å²) in [5.74, 6) is 0.425. The van der Waals surface area contributed by atoms with Crippen LogP contribution in [0.1, 0.15) is 20.9 Å². The number of carbonyl (C=O) groups excluding carboxylic acids is 1. The van der Waals surface area contributed by atoms with Crippen molar-refractivity contribution in [3.8, 4) is 0 Å². The zero-order valence-corrected chi connectivity index (χ0v) is 13.0. The number of thiophene rings is 1. The lowest BCUT2D eigenvalue weighted by Crippen LogP contribution is -2.30. The highest BCUT2D eigenvalue weighted by Gasteiger charge is 2.13. The minimum Gasteiger partial charge on any atom is -0.312 e. The molecule has 8 heteroatoms. The normalized spacial score (nSPS) is 13.6. The molecule has 0 saturated carbocycles. The number of nitrogens with one attached hydrogen (secondary N) is 3. The predicted molar refractivity (Wildman–Crippen MR) is 88.2 cm³/mol. The summed E-state index contributed by atoms with van der Waals surface area (Å²) in [6.07, 6.45) is 4.07. The smallest absolute Gasteiger partial charge is 0.279 e. The van der Waals surface area contributed by atoms with E-state index in [9.17, 15) is 4.79 Å². The molecule has 0 bridgehead atoms. The fourth-order valence-corrected chi connectivity index (χ4v) is 3.37. The van der Waals surface area contributed by atoms with Crippen molar-refractivity contribution < 1.29 is 4.79 Å². The van der Waals surface area contributed by atoms with Gasteiger partial charge in [0, 0.05) is 31.4 Å². The van der Waals surface area contributed by atoms with Crippen LogP contribution in [0.25, 0.3) is 10.2 Å². The lowest BCUT2D eigenvalue weighted by atomic mass is 10.1. The Morgan fingerprint density at radius 2 is 2.30 bits per heavy atom. The Balaban J connectivity index is 1.47. The summed E-state index contributed by atoms with van der Waals surface area (Å²) in [6, 6.07) is 5.64. The molecule has 4 heterocycles. The van der Waals surface area contributed by atoms with E-state index in [4.69, 9.17) is 0 Å². The number of pyridine rings is 1. The Bertz CT molecular complexity index is 844. The van der Waals surface area contributed by atoms with Crippen LogP contribution in [0.2, 0.25) is 0 Å². The van der Waals surface area contributed by atoms with Crippen molar-refractivity contribution in [2.45, 2.75) is 13.0 Å². The number of hydrogen-bond donors (Lipinski definition) is 3. The standard InChI is InChI=1S/C15H14N6OS/c22-15(12-5-11-13(23-12)7-17-8-18-11)21-20-14-2-1-9-6-16-4-3-10(9)19-14/h1-2,5,7-8,16H,3-4,6H2,(H,19,20)(H,21,22). The maximum Gasteiger partial charge on any atom is 0.279 e. The maximum absolute atomic E-state index is 12.2. The van der Waals surface area contributed by atoms with E-state index in [-0.39, 0.29) is 5.91 Å². The molecular weight excluding hydrogens is 312 g/mol. The van der Waals surface area contributed by atoms with Crippen molar-refractivity contribution in [3.05, 3.63) is 46.9 Å². The number of fused-ring (bicyclic) bond motifs is 2. The largest absolute Gasteiger partial charge is 0.312 e. The first-order chi connectivity index (χ1) is 11.3. The Morgan fingerprint density at radius 3 is 3.22 bits per heavy atom. The number of hydrazine groups is 1. The summed E-state index contributed by atoms with van der Waals surface area (Å²) in [7, 11) is 0. The van der Waals surface area contributed by atoms with Gasteiger partial charge in [0.05, 0.1) is 15.1 Å². The summed E-state index contributed by atoms with van der Waals surface area (Å²) >= 11 is 1.36. The van der Waals surface area contributed by atoms with E-state index in [1.54, 1.807) is 12.3 Å². The molecule has 4 rings (SSSR count). The minimum absolute atomic E-state index is 0.214. The average Bonchev–Trinajstić information content (AvgIpc) is 3.04. The molecule has 1 aliphatic rings. The number of nitrogens with zero attached hydrogens (tertiary/aromatic N) is 3. The monoisotopic (exact) mass is 326 g/mol. The SMILES string of the molecule is O=C(NNc1ccc2c(n1)CCNC2)c1cc2ncncc2s1. The Morgan fingerprint density at radius 1 is 1.35 bits per heavy atom. The Labute approximate surface area is 136 Å². The van der Waals surface area contributed by atoms with Crippen molar-refractivity contribution in [2.24, 2.45) is 0 Å². The van der Waals surface area contributed by atoms with Gasteiger partial charge in [-0.15, -0.1) is 11.3 Å². The molecule has 3 aromatic heterocycles. The molecule has 0 aromatic carbocycles. The predicted octanol–water partition coefficient (Wildman–Crippen LogP) is 1.49. The van der Waals surface area contributed by atoms with Crippen LogP contribution in [-0.2, 0) is 13.0 Å². The minimum atomic E-state index is -0.214. The number of hydrogen-bond acceptors (Lipinski definition) is 7. The summed E-state index contributed by atoms with van der Waals surface area (Å²) in [5.41, 5.74) is 8.60. The van der Waals surface area contributed by atoms with E-state index < -0.39 is 0 Å². The number of amides is 1. The molecule has 0 saturated heterocycles. The Hall–Kier alpha value is -2.58. The average molecular weight is 326 g/mol. The third-order valence-electron chi connectivity index (χ3n) is 3.65. The molecule has 7 nitrogen and oxygen atoms in total. The number of carbonyl (C=O) groups is 1. The van der Waals surface area contributed by atoms with Gasteiger partial charge in [-0.2, -0.15) is 0 Å². The van der Waals surface area contributed by atoms with Gasteiger partial charge in [-0.25, -0.2) is 15.0 Å². The molecule has 1 aliphatic heterocycles. The molecule has 0 unspecified atom stereocenters. The molecular formula is C15H14N6OS. The van der Waals surface area contributed by atoms with Gasteiger partial charge in [0.1, 0.15) is 12.1 Å². The second-order valence-corrected chi connectivity index (χ2v) is 6.27. The van der Waals surface area contributed by atoms with Gasteiger partial charge in [0.2, 0.25) is 0 Å². The second kappa shape index (κ2) is 5.90. The summed E-state index contributed by atoms with van der Waals surface area (Å²) in [6.45, 7) is 1.77. The van der Waals surface area contributed by atoms with Crippen molar-refractivity contribution in [1.29, 1.82) is 0 Å². The summed E-state index contributed by atoms with van der Waals surface area (Å²) in [4.78, 5) is 25.4. The van der Waals surface area contributed by atoms with E-state index in [1.165, 1.54) is 23.2 Å². The number of anilines is 1. The third-order valence-corrected chi connectivity index (χ3v) is 4.70. The topological polar surface area (TPSA) is 91.8 Å². The quantitative estimate of drug-likeness (QED) is 0.632. The summed E-state index contributed by atoms with van der Waals surface area (Å²) < 4.78 is 0.886. The highest BCUT2D eigenvalue weighted by Crippen LogP contribution is 2.22. The van der Waals surface area contributed by atoms with Gasteiger partial charge in [-0.3, -0.25) is 15.6 Å². The summed E-state index contributed by atoms with van der Waals surface area (Å²) in [5, 5.41) is 3.31. The van der Waals surface area contributed by atoms with E-state index in [0.29, 0.717) is 10.7 Å². The number of rotatable bonds is 3. The highest BCUT2D eigenvalue weighted by atomic mass is 32.1. The Kier molecular flexibility index (Phi) is 3.60. The fraction of sp³-hybridized carbons (Fsp3) is 0.200. The first kappa shape index (κ1) is 14.0. The van der Waals surface area contributed by atoms with Crippen molar-refractivity contribution in [2.75, 3.05) is 12.0 Å². The van der Waals surface area contributed by atoms with Crippen molar-refractivity contribution in [3.63, 3.8) is 0 Å². The molecule has 0 fully saturated rings. The zero-order valence-electron chi connectivity index (χ0n) is 12.2. The second-order valence-electron chi connectivity index (χ2n) is 5.19. The zero-order chi connectivity index (χ0) is 15.6. The van der Waals surface area contributed by atoms with Gasteiger partial charge < -0.3 is 5.32 Å². The number of aromatic nitrogens is 3. The molecule has 3 N–H and O–H groups in total. The van der Waals surface area contributed by atoms with Crippen molar-refractivity contribution in [1.82, 2.24) is 25.7 Å². The van der Waals surface area contributed by atoms with E-state index >= 15 is 0 Å². The van der Waals surface area contributed by atoms with Crippen LogP contribution in [0.4, 0.5) is 5.82 Å². The van der Waals surface area contributed by atoms with Crippen molar-refractivity contribution >= 4 is 33.3 Å². The van der Waals surface area contributed by atoms with Crippen LogP contribution in [0.15, 0.2) is 30.7 Å². The lowest BCUT2D eigenvalue weighted by Gasteiger charge is -2.17. The first-order valence-corrected chi connectivity index (χ1v) is 8.07. The third kappa shape index (κ3) is 2.86. The van der Waals surface area contributed by atoms with Crippen LogP contribution in [0, 0.1) is 0 Å². The van der Waals surface area contributed by atoms with Gasteiger partial charge in [-0.1, -0.05) is 6.07 Å². The molecule has 0 radical (unpaired) electrons. The molecule has 3 aromatic rings. The highest BCUT2D eigenvalue weighted by molar-refractivity contribution is 7.20. The maximum atomic E-state index is 12.2. The lowest BCUT2D eigenvalue weighted by molar-refractivity contribution is 0.0966. The first-order valence-electron chi connectivity index (χ1n) is 7.25. The molecule has 0 spiro atoms. The molecule has 23 heavy (non-hydrogen) atoms. The fourth-order valence-electron chi connectivity index (χ4n) is 2.49. The molecule has 116 valence electrons. The van der Waals surface area contributed by atoms with E-state index in [2.05, 4.69) is 31.1 Å². The van der Waals surface area contributed by atoms with E-state index in [1.807, 2.05) is 12.1 Å². The van der Waals surface area contributed by atoms with Crippen LogP contribution in [-0.4, -0.2) is 27.4 Å². The van der Waals surface area contributed by atoms with Gasteiger partial charge in [-0.05, 0) is 17.7 Å². The molecule has 0 atom stereocenters. The van der Waals surface area contributed by atoms with Crippen LogP contribution in [0.3, 0.4) is 0 Å². The van der Waals surface area contributed by atoms with Crippen LogP contribution >= 0.6 is 11.3 Å². The van der Waals surface area contributed by atoms with E-state index in [0.717, 1.165) is 35.4 Å². The van der Waals surface area contributed by atoms with Gasteiger partial charge in [0.15, 0.2) is 0 Å². The van der Waals surface area contributed by atoms with Gasteiger partial charge in [0.25, 0.3) is 5.91 Å². The van der Waals surface area contributed by atoms with Crippen LogP contribution in [0.5, 0.6) is 0 Å².